The van der Waals surface area contributed by atoms with E-state index in [1.165, 1.54) is 4.90 Å². The number of nitrogens with one attached hydrogen (secondary N) is 2. The minimum atomic E-state index is -3.52. The molecule has 182 valence electrons. The maximum absolute atomic E-state index is 13.5. The molecule has 0 radical (unpaired) electrons. The number of fused-ring (bicyclic) bond motifs is 1. The summed E-state index contributed by atoms with van der Waals surface area (Å²) in [5, 5.41) is -0.611. The fraction of sp³-hybridized carbons (Fsp3) is 0.905. The van der Waals surface area contributed by atoms with Crippen LogP contribution < -0.4 is 10.2 Å². The van der Waals surface area contributed by atoms with Gasteiger partial charge in [-0.05, 0) is 66.5 Å². The predicted octanol–water partition coefficient (Wildman–Crippen LogP) is 0.503. The molecular formula is C21H37N5O5S. The lowest BCUT2D eigenvalue weighted by Gasteiger charge is -2.48. The van der Waals surface area contributed by atoms with E-state index < -0.39 is 21.2 Å². The Morgan fingerprint density at radius 2 is 1.94 bits per heavy atom. The first-order valence-electron chi connectivity index (χ1n) is 11.7. The van der Waals surface area contributed by atoms with E-state index in [9.17, 15) is 18.0 Å². The third-order valence-electron chi connectivity index (χ3n) is 7.28. The summed E-state index contributed by atoms with van der Waals surface area (Å²) < 4.78 is 28.9. The fourth-order valence-corrected chi connectivity index (χ4v) is 7.06. The van der Waals surface area contributed by atoms with Crippen molar-refractivity contribution in [2.45, 2.75) is 81.3 Å². The number of carbonyl (C=O) groups excluding carboxylic acids is 2. The van der Waals surface area contributed by atoms with E-state index in [0.717, 1.165) is 12.8 Å². The zero-order valence-electron chi connectivity index (χ0n) is 19.5. The second-order valence-corrected chi connectivity index (χ2v) is 12.5. The largest absolute Gasteiger partial charge is 0.327 e. The molecule has 2 saturated carbocycles. The first-order chi connectivity index (χ1) is 15.0. The van der Waals surface area contributed by atoms with Gasteiger partial charge in [-0.2, -0.15) is 5.48 Å². The zero-order chi connectivity index (χ0) is 23.3. The van der Waals surface area contributed by atoms with E-state index in [1.807, 2.05) is 32.8 Å². The Balaban J connectivity index is 1.53. The number of hydroxylamine groups is 1. The van der Waals surface area contributed by atoms with Crippen LogP contribution in [-0.4, -0.2) is 97.8 Å². The van der Waals surface area contributed by atoms with Crippen LogP contribution in [0.1, 0.15) is 52.4 Å². The fourth-order valence-electron chi connectivity index (χ4n) is 5.10. The van der Waals surface area contributed by atoms with Crippen LogP contribution in [0.3, 0.4) is 0 Å². The zero-order valence-corrected chi connectivity index (χ0v) is 20.4. The van der Waals surface area contributed by atoms with E-state index >= 15 is 0 Å². The van der Waals surface area contributed by atoms with Crippen molar-refractivity contribution in [3.8, 4) is 0 Å². The maximum Gasteiger partial charge on any atom is 0.327 e. The van der Waals surface area contributed by atoms with E-state index in [4.69, 9.17) is 4.84 Å². The molecule has 4 aliphatic rings. The third-order valence-corrected chi connectivity index (χ3v) is 9.36. The molecule has 5 unspecified atom stereocenters. The molecule has 2 saturated heterocycles. The van der Waals surface area contributed by atoms with Crippen LogP contribution in [0, 0.1) is 5.92 Å². The molecule has 2 aliphatic heterocycles. The van der Waals surface area contributed by atoms with Gasteiger partial charge in [0.1, 0.15) is 0 Å². The molecule has 32 heavy (non-hydrogen) atoms. The summed E-state index contributed by atoms with van der Waals surface area (Å²) >= 11 is 0. The van der Waals surface area contributed by atoms with Gasteiger partial charge >= 0.3 is 6.03 Å². The van der Waals surface area contributed by atoms with Crippen molar-refractivity contribution < 1.29 is 22.8 Å². The van der Waals surface area contributed by atoms with E-state index in [0.29, 0.717) is 32.4 Å². The Bertz CT molecular complexity index is 846. The Labute approximate surface area is 191 Å². The second kappa shape index (κ2) is 8.83. The minimum absolute atomic E-state index is 0.159. The van der Waals surface area contributed by atoms with Gasteiger partial charge < -0.3 is 9.80 Å². The Morgan fingerprint density at radius 3 is 2.53 bits per heavy atom. The number of urea groups is 1. The summed E-state index contributed by atoms with van der Waals surface area (Å²) in [7, 11) is 0.369. The Kier molecular flexibility index (Phi) is 6.58. The van der Waals surface area contributed by atoms with Crippen molar-refractivity contribution in [3.63, 3.8) is 0 Å². The van der Waals surface area contributed by atoms with Crippen molar-refractivity contribution >= 4 is 22.0 Å². The van der Waals surface area contributed by atoms with Crippen molar-refractivity contribution in [1.29, 1.82) is 0 Å². The smallest absolute Gasteiger partial charge is 0.319 e. The first-order valence-corrected chi connectivity index (χ1v) is 13.2. The monoisotopic (exact) mass is 471 g/mol. The molecule has 4 rings (SSSR count). The lowest BCUT2D eigenvalue weighted by molar-refractivity contribution is -0.142. The number of likely N-dealkylation sites (N-methyl/N-ethyl adjacent to an activating group) is 1. The van der Waals surface area contributed by atoms with Gasteiger partial charge in [-0.25, -0.2) is 17.9 Å². The maximum atomic E-state index is 13.5. The second-order valence-electron chi connectivity index (χ2n) is 10.5. The van der Waals surface area contributed by atoms with Crippen LogP contribution in [0.25, 0.3) is 0 Å². The third kappa shape index (κ3) is 4.96. The van der Waals surface area contributed by atoms with Crippen LogP contribution in [-0.2, 0) is 19.7 Å². The van der Waals surface area contributed by atoms with Gasteiger partial charge in [0.15, 0.2) is 0 Å². The van der Waals surface area contributed by atoms with Crippen LogP contribution >= 0.6 is 0 Å². The molecule has 0 aromatic carbocycles. The molecule has 3 amide bonds. The van der Waals surface area contributed by atoms with Crippen molar-refractivity contribution in [1.82, 2.24) is 24.9 Å². The summed E-state index contributed by atoms with van der Waals surface area (Å²) in [5.41, 5.74) is 2.56. The van der Waals surface area contributed by atoms with Gasteiger partial charge in [0.05, 0.1) is 23.8 Å². The minimum Gasteiger partial charge on any atom is -0.319 e. The van der Waals surface area contributed by atoms with E-state index in [2.05, 4.69) is 10.2 Å². The van der Waals surface area contributed by atoms with Gasteiger partial charge in [-0.1, -0.05) is 0 Å². The molecular weight excluding hydrogens is 434 g/mol. The molecule has 0 spiro atoms. The average Bonchev–Trinajstić information content (AvgIpc) is 3.28. The number of imide groups is 1. The summed E-state index contributed by atoms with van der Waals surface area (Å²) in [4.78, 5) is 37.5. The molecule has 0 aromatic rings. The molecule has 11 heteroatoms. The van der Waals surface area contributed by atoms with Crippen molar-refractivity contribution in [2.24, 2.45) is 5.92 Å². The lowest BCUT2D eigenvalue weighted by Crippen LogP contribution is -2.65. The summed E-state index contributed by atoms with van der Waals surface area (Å²) in [6.45, 7) is 5.28. The number of amides is 3. The number of hydrogen-bond donors (Lipinski definition) is 2. The van der Waals surface area contributed by atoms with E-state index in [-0.39, 0.29) is 48.6 Å². The number of hydrogen-bond acceptors (Lipinski definition) is 7. The van der Waals surface area contributed by atoms with Gasteiger partial charge in [0.2, 0.25) is 15.9 Å². The standard InChI is InChI=1S/C21H37N5O5S/c1-14-11-15(31-22-14)13-26-19(27)17-12-16(32(29,30)23-21(2)7-8-21)5-6-18(17)25(20(26)28)10-9-24(3)4/h14-18,22-23H,5-13H2,1-4H3. The van der Waals surface area contributed by atoms with Crippen LogP contribution in [0.4, 0.5) is 4.79 Å². The number of carbonyl (C=O) groups is 2. The highest BCUT2D eigenvalue weighted by Gasteiger charge is 2.52. The highest BCUT2D eigenvalue weighted by molar-refractivity contribution is 7.90. The molecule has 2 aliphatic carbocycles. The number of sulfonamides is 1. The highest BCUT2D eigenvalue weighted by Crippen LogP contribution is 2.40. The van der Waals surface area contributed by atoms with Gasteiger partial charge in [-0.15, -0.1) is 0 Å². The Morgan fingerprint density at radius 1 is 1.22 bits per heavy atom. The molecule has 5 atom stereocenters. The SMILES string of the molecule is CC1CC(CN2C(=O)C3CC(S(=O)(=O)NC4(C)CC4)CCC3N(CCN(C)C)C2=O)ON1. The van der Waals surface area contributed by atoms with E-state index in [1.54, 1.807) is 4.90 Å². The summed E-state index contributed by atoms with van der Waals surface area (Å²) in [5.74, 6) is -0.772. The topological polar surface area (TPSA) is 111 Å². The summed E-state index contributed by atoms with van der Waals surface area (Å²) in [6.07, 6.45) is 3.36. The normalized spacial score (nSPS) is 34.8. The van der Waals surface area contributed by atoms with Crippen LogP contribution in [0.15, 0.2) is 0 Å². The molecule has 4 fully saturated rings. The molecule has 0 aromatic heterocycles. The number of rotatable bonds is 8. The summed E-state index contributed by atoms with van der Waals surface area (Å²) in [6, 6.07) is -0.381. The predicted molar refractivity (Wildman–Crippen MR) is 119 cm³/mol. The average molecular weight is 472 g/mol. The van der Waals surface area contributed by atoms with Crippen LogP contribution in [0.5, 0.6) is 0 Å². The Hall–Kier alpha value is -1.27. The molecule has 0 bridgehead atoms. The van der Waals surface area contributed by atoms with Crippen molar-refractivity contribution in [3.05, 3.63) is 0 Å². The van der Waals surface area contributed by atoms with Crippen molar-refractivity contribution in [2.75, 3.05) is 33.7 Å². The molecule has 2 N–H and O–H groups in total. The highest BCUT2D eigenvalue weighted by atomic mass is 32.2. The quantitative estimate of drug-likeness (QED) is 0.530. The number of nitrogens with zero attached hydrogens (tertiary/aromatic N) is 3. The lowest BCUT2D eigenvalue weighted by atomic mass is 9.80. The molecule has 2 heterocycles. The first kappa shape index (κ1) is 23.9. The van der Waals surface area contributed by atoms with Gasteiger partial charge in [-0.3, -0.25) is 14.5 Å². The van der Waals surface area contributed by atoms with Crippen LogP contribution in [0.2, 0.25) is 0 Å². The van der Waals surface area contributed by atoms with Gasteiger partial charge in [0.25, 0.3) is 0 Å². The van der Waals surface area contributed by atoms with Gasteiger partial charge in [0, 0.05) is 30.7 Å². The molecule has 10 nitrogen and oxygen atoms in total.